The number of aliphatic hydroxyl groups is 1. The van der Waals surface area contributed by atoms with E-state index in [1.807, 2.05) is 6.92 Å². The van der Waals surface area contributed by atoms with Crippen molar-refractivity contribution in [2.24, 2.45) is 0 Å². The Morgan fingerprint density at radius 1 is 1.23 bits per heavy atom. The van der Waals surface area contributed by atoms with Gasteiger partial charge in [0, 0.05) is 6.07 Å². The summed E-state index contributed by atoms with van der Waals surface area (Å²) in [6, 6.07) is 2.99. The molecule has 1 heterocycles. The second-order valence-corrected chi connectivity index (χ2v) is 5.88. The Hall–Kier alpha value is -1.75. The number of hydrogen-bond acceptors (Lipinski definition) is 5. The van der Waals surface area contributed by atoms with Crippen molar-refractivity contribution in [1.82, 2.24) is 0 Å². The van der Waals surface area contributed by atoms with Crippen LogP contribution in [0.1, 0.15) is 54.9 Å². The number of carbonyl (C=O) groups excluding carboxylic acids is 1. The molecule has 1 aromatic carbocycles. The Bertz CT molecular complexity index is 526. The van der Waals surface area contributed by atoms with Gasteiger partial charge in [0.25, 0.3) is 0 Å². The van der Waals surface area contributed by atoms with Crippen molar-refractivity contribution in [3.8, 4) is 11.5 Å². The van der Waals surface area contributed by atoms with Gasteiger partial charge >= 0.3 is 5.97 Å². The van der Waals surface area contributed by atoms with Crippen molar-refractivity contribution in [2.45, 2.75) is 57.7 Å². The third kappa shape index (κ3) is 4.13. The van der Waals surface area contributed by atoms with Crippen LogP contribution in [0.2, 0.25) is 0 Å². The second kappa shape index (κ2) is 7.49. The first kappa shape index (κ1) is 16.6. The highest BCUT2D eigenvalue weighted by molar-refractivity contribution is 5.94. The lowest BCUT2D eigenvalue weighted by molar-refractivity contribution is 0.0303. The molecule has 122 valence electrons. The van der Waals surface area contributed by atoms with Gasteiger partial charge in [0.05, 0.1) is 19.3 Å². The van der Waals surface area contributed by atoms with Crippen LogP contribution in [0.5, 0.6) is 11.5 Å². The molecule has 1 aromatic rings. The molecule has 0 aromatic heterocycles. The molecule has 0 unspecified atom stereocenters. The fourth-order valence-electron chi connectivity index (χ4n) is 2.86. The molecule has 22 heavy (non-hydrogen) atoms. The number of aryl methyl sites for hydroxylation is 1. The van der Waals surface area contributed by atoms with E-state index in [9.17, 15) is 15.0 Å². The number of carbonyl (C=O) groups is 1. The smallest absolute Gasteiger partial charge is 0.342 e. The monoisotopic (exact) mass is 308 g/mol. The minimum atomic E-state index is -0.416. The van der Waals surface area contributed by atoms with Crippen LogP contribution in [0.4, 0.5) is 0 Å². The van der Waals surface area contributed by atoms with Crippen LogP contribution >= 0.6 is 0 Å². The number of esters is 1. The SMILES string of the molecule is COc1cc(O)cc2c1C(=O)O[C@@H](C)CCC[C@@H](O)CCC2. The lowest BCUT2D eigenvalue weighted by Crippen LogP contribution is -2.19. The van der Waals surface area contributed by atoms with Gasteiger partial charge in [-0.3, -0.25) is 0 Å². The molecule has 2 N–H and O–H groups in total. The van der Waals surface area contributed by atoms with Crippen LogP contribution in [0.15, 0.2) is 12.1 Å². The quantitative estimate of drug-likeness (QED) is 0.780. The molecule has 0 amide bonds. The summed E-state index contributed by atoms with van der Waals surface area (Å²) in [5.41, 5.74) is 1.07. The fourth-order valence-corrected chi connectivity index (χ4v) is 2.86. The highest BCUT2D eigenvalue weighted by atomic mass is 16.5. The number of methoxy groups -OCH3 is 1. The first-order chi connectivity index (χ1) is 10.5. The van der Waals surface area contributed by atoms with Gasteiger partial charge in [-0.25, -0.2) is 4.79 Å². The van der Waals surface area contributed by atoms with Crippen LogP contribution in [0.25, 0.3) is 0 Å². The second-order valence-electron chi connectivity index (χ2n) is 5.88. The van der Waals surface area contributed by atoms with Crippen LogP contribution in [-0.4, -0.2) is 35.5 Å². The molecule has 5 nitrogen and oxygen atoms in total. The minimum Gasteiger partial charge on any atom is -0.508 e. The molecule has 0 radical (unpaired) electrons. The highest BCUT2D eigenvalue weighted by Gasteiger charge is 2.23. The first-order valence-corrected chi connectivity index (χ1v) is 7.80. The van der Waals surface area contributed by atoms with E-state index < -0.39 is 5.97 Å². The zero-order valence-corrected chi connectivity index (χ0v) is 13.2. The lowest BCUT2D eigenvalue weighted by atomic mass is 9.97. The average molecular weight is 308 g/mol. The van der Waals surface area contributed by atoms with E-state index in [0.717, 1.165) is 25.7 Å². The lowest BCUT2D eigenvalue weighted by Gasteiger charge is -2.20. The third-order valence-electron chi connectivity index (χ3n) is 4.03. The van der Waals surface area contributed by atoms with Gasteiger partial charge in [-0.2, -0.15) is 0 Å². The number of hydrogen-bond donors (Lipinski definition) is 2. The Morgan fingerprint density at radius 2 is 1.95 bits per heavy atom. The van der Waals surface area contributed by atoms with Crippen molar-refractivity contribution >= 4 is 5.97 Å². The predicted octanol–water partition coefficient (Wildman–Crippen LogP) is 2.81. The van der Waals surface area contributed by atoms with E-state index in [2.05, 4.69) is 0 Å². The molecule has 5 heteroatoms. The Kier molecular flexibility index (Phi) is 5.66. The Balaban J connectivity index is 2.36. The Labute approximate surface area is 130 Å². The summed E-state index contributed by atoms with van der Waals surface area (Å²) in [6.07, 6.45) is 3.73. The summed E-state index contributed by atoms with van der Waals surface area (Å²) >= 11 is 0. The number of aliphatic hydroxyl groups excluding tert-OH is 1. The third-order valence-corrected chi connectivity index (χ3v) is 4.03. The topological polar surface area (TPSA) is 76.0 Å². The fraction of sp³-hybridized carbons (Fsp3) is 0.588. The number of aromatic hydroxyl groups is 1. The van der Waals surface area contributed by atoms with Gasteiger partial charge in [0.15, 0.2) is 0 Å². The van der Waals surface area contributed by atoms with Crippen molar-refractivity contribution in [2.75, 3.05) is 7.11 Å². The van der Waals surface area contributed by atoms with Crippen LogP contribution in [0.3, 0.4) is 0 Å². The molecule has 0 fully saturated rings. The number of fused-ring (bicyclic) bond motifs is 1. The van der Waals surface area contributed by atoms with Crippen molar-refractivity contribution < 1.29 is 24.5 Å². The molecule has 0 spiro atoms. The molecule has 1 aliphatic rings. The van der Waals surface area contributed by atoms with Gasteiger partial charge in [0.2, 0.25) is 0 Å². The van der Waals surface area contributed by atoms with E-state index in [4.69, 9.17) is 9.47 Å². The number of ether oxygens (including phenoxy) is 2. The van der Waals surface area contributed by atoms with Gasteiger partial charge in [0.1, 0.15) is 17.1 Å². The van der Waals surface area contributed by atoms with Gasteiger partial charge in [-0.05, 0) is 57.1 Å². The summed E-state index contributed by atoms with van der Waals surface area (Å²) < 4.78 is 10.7. The number of phenolic OH excluding ortho intramolecular Hbond substituents is 1. The van der Waals surface area contributed by atoms with Crippen LogP contribution in [0, 0.1) is 0 Å². The van der Waals surface area contributed by atoms with Gasteiger partial charge in [-0.1, -0.05) is 0 Å². The molecule has 0 aliphatic carbocycles. The predicted molar refractivity (Wildman–Crippen MR) is 82.3 cm³/mol. The van der Waals surface area contributed by atoms with E-state index in [1.54, 1.807) is 6.07 Å². The standard InChI is InChI=1S/C17H24O5/c1-11-5-3-7-13(18)8-4-6-12-9-14(19)10-15(21-2)16(12)17(20)22-11/h9-11,13,18-19H,3-8H2,1-2H3/t11-,13+/m0/s1. The van der Waals surface area contributed by atoms with E-state index in [-0.39, 0.29) is 18.0 Å². The zero-order valence-electron chi connectivity index (χ0n) is 13.2. The first-order valence-electron chi connectivity index (χ1n) is 7.80. The molecule has 2 rings (SSSR count). The molecular formula is C17H24O5. The molecule has 0 saturated heterocycles. The zero-order chi connectivity index (χ0) is 16.1. The van der Waals surface area contributed by atoms with E-state index in [0.29, 0.717) is 29.7 Å². The molecule has 0 bridgehead atoms. The molecule has 1 aliphatic heterocycles. The maximum absolute atomic E-state index is 12.5. The summed E-state index contributed by atoms with van der Waals surface area (Å²) in [5, 5.41) is 19.8. The molecule has 0 saturated carbocycles. The number of rotatable bonds is 1. The summed E-state index contributed by atoms with van der Waals surface area (Å²) in [4.78, 5) is 12.5. The van der Waals surface area contributed by atoms with E-state index >= 15 is 0 Å². The van der Waals surface area contributed by atoms with Gasteiger partial charge in [-0.15, -0.1) is 0 Å². The normalized spacial score (nSPS) is 23.7. The summed E-state index contributed by atoms with van der Waals surface area (Å²) in [7, 11) is 1.46. The van der Waals surface area contributed by atoms with Crippen molar-refractivity contribution in [3.63, 3.8) is 0 Å². The average Bonchev–Trinajstić information content (AvgIpc) is 2.45. The van der Waals surface area contributed by atoms with Crippen molar-refractivity contribution in [3.05, 3.63) is 23.3 Å². The maximum atomic E-state index is 12.5. The number of cyclic esters (lactones) is 1. The number of phenols is 1. The summed E-state index contributed by atoms with van der Waals surface area (Å²) in [5.74, 6) is -0.0330. The Morgan fingerprint density at radius 3 is 2.68 bits per heavy atom. The van der Waals surface area contributed by atoms with Crippen LogP contribution < -0.4 is 4.74 Å². The minimum absolute atomic E-state index is 0.0593. The van der Waals surface area contributed by atoms with Crippen molar-refractivity contribution in [1.29, 1.82) is 0 Å². The number of benzene rings is 1. The summed E-state index contributed by atoms with van der Waals surface area (Å²) in [6.45, 7) is 1.85. The highest BCUT2D eigenvalue weighted by Crippen LogP contribution is 2.31. The van der Waals surface area contributed by atoms with E-state index in [1.165, 1.54) is 13.2 Å². The molecule has 2 atom stereocenters. The van der Waals surface area contributed by atoms with Crippen LogP contribution in [-0.2, 0) is 11.2 Å². The largest absolute Gasteiger partial charge is 0.508 e. The maximum Gasteiger partial charge on any atom is 0.342 e. The molecular weight excluding hydrogens is 284 g/mol. The van der Waals surface area contributed by atoms with Gasteiger partial charge < -0.3 is 19.7 Å².